The Balaban J connectivity index is 3.60. The first-order valence-electron chi connectivity index (χ1n) is 1.81. The molecule has 2 nitrogen and oxygen atoms in total. The lowest BCUT2D eigenvalue weighted by atomic mass is 10.5. The van der Waals surface area contributed by atoms with Crippen molar-refractivity contribution in [3.05, 3.63) is 12.7 Å². The fourth-order valence-corrected chi connectivity index (χ4v) is 0.192. The molecule has 0 spiro atoms. The van der Waals surface area contributed by atoms with Gasteiger partial charge in [0.25, 0.3) is 0 Å². The lowest BCUT2D eigenvalue weighted by molar-refractivity contribution is 0.617. The van der Waals surface area contributed by atoms with Gasteiger partial charge in [0.2, 0.25) is 0 Å². The number of hydrogen-bond donors (Lipinski definition) is 0. The van der Waals surface area contributed by atoms with Crippen molar-refractivity contribution in [1.29, 1.82) is 0 Å². The Labute approximate surface area is 44.3 Å². The van der Waals surface area contributed by atoms with Gasteiger partial charge in [-0.3, -0.25) is 4.99 Å². The highest BCUT2D eigenvalue weighted by atomic mass is 16.4. The van der Waals surface area contributed by atoms with Crippen LogP contribution in [0, 0.1) is 0 Å². The molecule has 0 aromatic heterocycles. The first kappa shape index (κ1) is 6.27. The number of aliphatic imine (C=N–C) groups is 1. The lowest BCUT2D eigenvalue weighted by Crippen LogP contribution is -1.94. The van der Waals surface area contributed by atoms with Crippen molar-refractivity contribution in [2.45, 2.75) is 0 Å². The van der Waals surface area contributed by atoms with Gasteiger partial charge in [0.1, 0.15) is 0 Å². The summed E-state index contributed by atoms with van der Waals surface area (Å²) in [5.74, 6) is 0.347. The molecule has 0 heterocycles. The van der Waals surface area contributed by atoms with E-state index >= 15 is 0 Å². The van der Waals surface area contributed by atoms with Crippen molar-refractivity contribution < 1.29 is 4.65 Å². The topological polar surface area (TPSA) is 21.6 Å². The molecule has 0 aromatic carbocycles. The zero-order valence-corrected chi connectivity index (χ0v) is 4.22. The summed E-state index contributed by atoms with van der Waals surface area (Å²) in [6.45, 7) is 3.37. The normalized spacial score (nSPS) is 10.7. The summed E-state index contributed by atoms with van der Waals surface area (Å²) in [6.07, 6.45) is 1.43. The number of hydrogen-bond acceptors (Lipinski definition) is 2. The SMILES string of the molecule is [B]OC(C=C)=NC. The van der Waals surface area contributed by atoms with Gasteiger partial charge >= 0.3 is 8.05 Å². The lowest BCUT2D eigenvalue weighted by Gasteiger charge is -1.92. The maximum absolute atomic E-state index is 4.69. The number of rotatable bonds is 1. The minimum atomic E-state index is 0.347. The molecule has 36 valence electrons. The Kier molecular flexibility index (Phi) is 3.11. The Hall–Kier alpha value is -0.725. The molecule has 0 aliphatic carbocycles. The predicted octanol–water partition coefficient (Wildman–Crippen LogP) is 0.301. The molecule has 0 rings (SSSR count). The van der Waals surface area contributed by atoms with Gasteiger partial charge in [0, 0.05) is 7.05 Å². The van der Waals surface area contributed by atoms with E-state index in [0.29, 0.717) is 5.90 Å². The van der Waals surface area contributed by atoms with Crippen LogP contribution < -0.4 is 0 Å². The van der Waals surface area contributed by atoms with E-state index in [-0.39, 0.29) is 0 Å². The highest BCUT2D eigenvalue weighted by molar-refractivity contribution is 6.09. The molecule has 0 saturated carbocycles. The van der Waals surface area contributed by atoms with Gasteiger partial charge in [0.15, 0.2) is 5.90 Å². The quantitative estimate of drug-likeness (QED) is 0.260. The molecule has 0 fully saturated rings. The van der Waals surface area contributed by atoms with E-state index in [1.807, 2.05) is 0 Å². The molecule has 0 amide bonds. The van der Waals surface area contributed by atoms with Crippen LogP contribution in [0.3, 0.4) is 0 Å². The zero-order valence-electron chi connectivity index (χ0n) is 4.22. The Morgan fingerprint density at radius 3 is 2.57 bits per heavy atom. The van der Waals surface area contributed by atoms with E-state index in [1.54, 1.807) is 7.05 Å². The third-order valence-corrected chi connectivity index (χ3v) is 0.516. The van der Waals surface area contributed by atoms with Crippen molar-refractivity contribution in [3.8, 4) is 0 Å². The average Bonchev–Trinajstić information content (AvgIpc) is 1.72. The van der Waals surface area contributed by atoms with Crippen molar-refractivity contribution in [2.24, 2.45) is 4.99 Å². The molecule has 0 atom stereocenters. The van der Waals surface area contributed by atoms with Crippen LogP contribution in [0.15, 0.2) is 17.6 Å². The Morgan fingerprint density at radius 1 is 2.00 bits per heavy atom. The number of nitrogens with zero attached hydrogens (tertiary/aromatic N) is 1. The summed E-state index contributed by atoms with van der Waals surface area (Å²) in [5, 5.41) is 0. The van der Waals surface area contributed by atoms with Crippen LogP contribution in [0.25, 0.3) is 0 Å². The van der Waals surface area contributed by atoms with Gasteiger partial charge in [-0.1, -0.05) is 6.58 Å². The van der Waals surface area contributed by atoms with Gasteiger partial charge in [-0.2, -0.15) is 0 Å². The second-order valence-corrected chi connectivity index (χ2v) is 0.884. The van der Waals surface area contributed by atoms with Crippen LogP contribution in [0.2, 0.25) is 0 Å². The van der Waals surface area contributed by atoms with Crippen LogP contribution in [-0.2, 0) is 4.65 Å². The van der Waals surface area contributed by atoms with E-state index in [2.05, 4.69) is 16.2 Å². The van der Waals surface area contributed by atoms with Crippen molar-refractivity contribution in [1.82, 2.24) is 0 Å². The highest BCUT2D eigenvalue weighted by Crippen LogP contribution is 1.74. The van der Waals surface area contributed by atoms with Gasteiger partial charge in [0.05, 0.1) is 0 Å². The highest BCUT2D eigenvalue weighted by Gasteiger charge is 1.79. The molecule has 0 saturated heterocycles. The molecule has 0 N–H and O–H groups in total. The summed E-state index contributed by atoms with van der Waals surface area (Å²) in [4.78, 5) is 3.58. The van der Waals surface area contributed by atoms with E-state index < -0.39 is 0 Å². The van der Waals surface area contributed by atoms with Crippen molar-refractivity contribution in [2.75, 3.05) is 7.05 Å². The van der Waals surface area contributed by atoms with E-state index in [1.165, 1.54) is 6.08 Å². The molecule has 0 aliphatic rings. The van der Waals surface area contributed by atoms with Crippen molar-refractivity contribution in [3.63, 3.8) is 0 Å². The standard InChI is InChI=1S/C4H6BNO/c1-3-4(6-2)7-5/h3H,1H2,2H3. The molecule has 0 aliphatic heterocycles. The predicted molar refractivity (Wildman–Crippen MR) is 30.4 cm³/mol. The van der Waals surface area contributed by atoms with Crippen LogP contribution in [0.1, 0.15) is 0 Å². The van der Waals surface area contributed by atoms with Gasteiger partial charge in [-0.15, -0.1) is 0 Å². The van der Waals surface area contributed by atoms with Gasteiger partial charge in [-0.05, 0) is 6.08 Å². The van der Waals surface area contributed by atoms with Crippen molar-refractivity contribution >= 4 is 13.9 Å². The van der Waals surface area contributed by atoms with E-state index in [0.717, 1.165) is 0 Å². The third-order valence-electron chi connectivity index (χ3n) is 0.516. The summed E-state index contributed by atoms with van der Waals surface area (Å²) < 4.78 is 4.18. The zero-order chi connectivity index (χ0) is 5.70. The largest absolute Gasteiger partial charge is 0.555 e. The van der Waals surface area contributed by atoms with Crippen LogP contribution in [0.4, 0.5) is 0 Å². The van der Waals surface area contributed by atoms with E-state index in [4.69, 9.17) is 8.05 Å². The maximum atomic E-state index is 4.69. The molecule has 0 aromatic rings. The molecule has 2 radical (unpaired) electrons. The molecule has 3 heteroatoms. The first-order chi connectivity index (χ1) is 3.35. The maximum Gasteiger partial charge on any atom is 0.376 e. The first-order valence-corrected chi connectivity index (χ1v) is 1.81. The summed E-state index contributed by atoms with van der Waals surface area (Å²) >= 11 is 0. The average molecular weight is 94.9 g/mol. The van der Waals surface area contributed by atoms with Crippen LogP contribution >= 0.6 is 0 Å². The summed E-state index contributed by atoms with van der Waals surface area (Å²) in [5.41, 5.74) is 0. The molecule has 0 unspecified atom stereocenters. The van der Waals surface area contributed by atoms with Gasteiger partial charge < -0.3 is 4.65 Å². The second kappa shape index (κ2) is 3.46. The molecule has 7 heavy (non-hydrogen) atoms. The fourth-order valence-electron chi connectivity index (χ4n) is 0.192. The van der Waals surface area contributed by atoms with E-state index in [9.17, 15) is 0 Å². The molecule has 0 bridgehead atoms. The van der Waals surface area contributed by atoms with Gasteiger partial charge in [-0.25, -0.2) is 0 Å². The fraction of sp³-hybridized carbons (Fsp3) is 0.250. The smallest absolute Gasteiger partial charge is 0.376 e. The molecular weight excluding hydrogens is 88.9 g/mol. The molecular formula is C4H6BNO. The monoisotopic (exact) mass is 95.1 g/mol. The minimum Gasteiger partial charge on any atom is -0.555 e. The Bertz CT molecular complexity index is 89.7. The van der Waals surface area contributed by atoms with Crippen LogP contribution in [0.5, 0.6) is 0 Å². The minimum absolute atomic E-state index is 0.347. The van der Waals surface area contributed by atoms with Crippen LogP contribution in [-0.4, -0.2) is 21.0 Å². The summed E-state index contributed by atoms with van der Waals surface area (Å²) in [6, 6.07) is 0. The third kappa shape index (κ3) is 2.03. The Morgan fingerprint density at radius 2 is 2.57 bits per heavy atom. The summed E-state index contributed by atoms with van der Waals surface area (Å²) in [7, 11) is 6.27. The second-order valence-electron chi connectivity index (χ2n) is 0.884.